The van der Waals surface area contributed by atoms with Crippen molar-refractivity contribution >= 4 is 28.2 Å². The molecular formula is C23H22F3N3O2. The lowest BCUT2D eigenvalue weighted by atomic mass is 10.0. The molecule has 1 amide bonds. The number of carbonyl (C=O) groups excluding carboxylic acids is 1. The standard InChI is InChI=1S/C23H22F3N3O2/c1-14-6-4-5-11-29(14)15-9-10-20(18(12-15)23(24,25)26)28-22(31)17-13-27-19-8-3-2-7-16(19)21(17)30/h2-3,7-10,12-14H,4-6,11H2,1H3,(H,27,30)(H,28,31). The Morgan fingerprint density at radius 2 is 1.94 bits per heavy atom. The molecule has 1 saturated heterocycles. The number of fused-ring (bicyclic) bond motifs is 1. The number of hydrogen-bond acceptors (Lipinski definition) is 3. The van der Waals surface area contributed by atoms with Gasteiger partial charge < -0.3 is 15.2 Å². The topological polar surface area (TPSA) is 65.2 Å². The van der Waals surface area contributed by atoms with E-state index >= 15 is 0 Å². The van der Waals surface area contributed by atoms with E-state index in [4.69, 9.17) is 0 Å². The molecule has 1 aromatic heterocycles. The number of anilines is 2. The zero-order chi connectivity index (χ0) is 22.2. The van der Waals surface area contributed by atoms with E-state index in [9.17, 15) is 22.8 Å². The Bertz CT molecular complexity index is 1190. The molecule has 0 saturated carbocycles. The number of hydrogen-bond donors (Lipinski definition) is 2. The summed E-state index contributed by atoms with van der Waals surface area (Å²) >= 11 is 0. The van der Waals surface area contributed by atoms with Crippen molar-refractivity contribution in [1.82, 2.24) is 4.98 Å². The minimum atomic E-state index is -4.66. The van der Waals surface area contributed by atoms with Gasteiger partial charge in [0, 0.05) is 35.4 Å². The van der Waals surface area contributed by atoms with Gasteiger partial charge in [0.15, 0.2) is 0 Å². The van der Waals surface area contributed by atoms with Crippen LogP contribution in [0.2, 0.25) is 0 Å². The van der Waals surface area contributed by atoms with E-state index < -0.39 is 23.1 Å². The first-order valence-electron chi connectivity index (χ1n) is 10.2. The van der Waals surface area contributed by atoms with Crippen LogP contribution >= 0.6 is 0 Å². The first kappa shape index (κ1) is 21.0. The largest absolute Gasteiger partial charge is 0.418 e. The summed E-state index contributed by atoms with van der Waals surface area (Å²) in [5.41, 5.74) is -1.09. The Hall–Kier alpha value is -3.29. The van der Waals surface area contributed by atoms with Gasteiger partial charge in [-0.3, -0.25) is 9.59 Å². The van der Waals surface area contributed by atoms with Crippen molar-refractivity contribution in [3.8, 4) is 0 Å². The van der Waals surface area contributed by atoms with E-state index in [1.54, 1.807) is 30.3 Å². The molecule has 1 fully saturated rings. The smallest absolute Gasteiger partial charge is 0.369 e. The maximum atomic E-state index is 13.8. The number of halogens is 3. The first-order chi connectivity index (χ1) is 14.8. The molecule has 2 N–H and O–H groups in total. The van der Waals surface area contributed by atoms with E-state index in [1.165, 1.54) is 12.3 Å². The molecule has 0 aliphatic carbocycles. The third kappa shape index (κ3) is 4.15. The summed E-state index contributed by atoms with van der Waals surface area (Å²) in [4.78, 5) is 30.1. The summed E-state index contributed by atoms with van der Waals surface area (Å²) < 4.78 is 41.4. The Labute approximate surface area is 176 Å². The quantitative estimate of drug-likeness (QED) is 0.603. The molecule has 5 nitrogen and oxygen atoms in total. The summed E-state index contributed by atoms with van der Waals surface area (Å²) in [6.45, 7) is 2.69. The fourth-order valence-electron chi connectivity index (χ4n) is 4.06. The van der Waals surface area contributed by atoms with Crippen LogP contribution in [-0.4, -0.2) is 23.5 Å². The van der Waals surface area contributed by atoms with Crippen LogP contribution in [0, 0.1) is 0 Å². The second-order valence-corrected chi connectivity index (χ2v) is 7.80. The van der Waals surface area contributed by atoms with Gasteiger partial charge in [0.25, 0.3) is 5.91 Å². The number of aromatic nitrogens is 1. The highest BCUT2D eigenvalue weighted by atomic mass is 19.4. The Morgan fingerprint density at radius 1 is 1.16 bits per heavy atom. The number of piperidine rings is 1. The van der Waals surface area contributed by atoms with Crippen molar-refractivity contribution in [2.75, 3.05) is 16.8 Å². The molecule has 1 atom stereocenters. The fraction of sp³-hybridized carbons (Fsp3) is 0.304. The lowest BCUT2D eigenvalue weighted by Gasteiger charge is -2.36. The molecule has 1 unspecified atom stereocenters. The van der Waals surface area contributed by atoms with Crippen molar-refractivity contribution in [2.45, 2.75) is 38.4 Å². The van der Waals surface area contributed by atoms with Gasteiger partial charge in [-0.2, -0.15) is 13.2 Å². The highest BCUT2D eigenvalue weighted by Gasteiger charge is 2.35. The molecule has 3 aromatic rings. The predicted molar refractivity (Wildman–Crippen MR) is 115 cm³/mol. The van der Waals surface area contributed by atoms with Gasteiger partial charge in [-0.25, -0.2) is 0 Å². The van der Waals surface area contributed by atoms with Crippen molar-refractivity contribution in [3.63, 3.8) is 0 Å². The van der Waals surface area contributed by atoms with Crippen LogP contribution < -0.4 is 15.6 Å². The molecule has 0 spiro atoms. The molecule has 8 heteroatoms. The van der Waals surface area contributed by atoms with Crippen molar-refractivity contribution in [2.24, 2.45) is 0 Å². The van der Waals surface area contributed by atoms with Crippen LogP contribution in [0.4, 0.5) is 24.5 Å². The number of amides is 1. The molecule has 0 radical (unpaired) electrons. The van der Waals surface area contributed by atoms with E-state index in [0.29, 0.717) is 23.1 Å². The number of para-hydroxylation sites is 1. The number of aromatic amines is 1. The van der Waals surface area contributed by atoms with Gasteiger partial charge in [-0.15, -0.1) is 0 Å². The van der Waals surface area contributed by atoms with E-state index in [2.05, 4.69) is 10.3 Å². The zero-order valence-electron chi connectivity index (χ0n) is 16.9. The number of rotatable bonds is 3. The second-order valence-electron chi connectivity index (χ2n) is 7.80. The summed E-state index contributed by atoms with van der Waals surface area (Å²) in [6, 6.07) is 10.7. The van der Waals surface area contributed by atoms with Crippen LogP contribution in [0.5, 0.6) is 0 Å². The number of pyridine rings is 1. The zero-order valence-corrected chi connectivity index (χ0v) is 16.9. The van der Waals surface area contributed by atoms with Gasteiger partial charge in [0.05, 0.1) is 11.3 Å². The summed E-state index contributed by atoms with van der Waals surface area (Å²) in [7, 11) is 0. The molecule has 162 valence electrons. The molecule has 1 aliphatic rings. The molecule has 31 heavy (non-hydrogen) atoms. The van der Waals surface area contributed by atoms with E-state index in [0.717, 1.165) is 25.3 Å². The highest BCUT2D eigenvalue weighted by Crippen LogP contribution is 2.38. The van der Waals surface area contributed by atoms with Gasteiger partial charge >= 0.3 is 6.18 Å². The molecule has 2 heterocycles. The summed E-state index contributed by atoms with van der Waals surface area (Å²) in [5.74, 6) is -0.892. The minimum absolute atomic E-state index is 0.145. The third-order valence-corrected chi connectivity index (χ3v) is 5.72. The van der Waals surface area contributed by atoms with Crippen LogP contribution in [0.15, 0.2) is 53.5 Å². The molecule has 0 bridgehead atoms. The fourth-order valence-corrected chi connectivity index (χ4v) is 4.06. The van der Waals surface area contributed by atoms with Crippen molar-refractivity contribution in [1.29, 1.82) is 0 Å². The second kappa shape index (κ2) is 8.09. The van der Waals surface area contributed by atoms with Crippen molar-refractivity contribution < 1.29 is 18.0 Å². The highest BCUT2D eigenvalue weighted by molar-refractivity contribution is 6.06. The molecule has 1 aliphatic heterocycles. The number of H-pyrrole nitrogens is 1. The van der Waals surface area contributed by atoms with E-state index in [1.807, 2.05) is 11.8 Å². The Balaban J connectivity index is 1.68. The lowest BCUT2D eigenvalue weighted by Crippen LogP contribution is -2.37. The predicted octanol–water partition coefficient (Wildman–Crippen LogP) is 5.18. The van der Waals surface area contributed by atoms with Crippen LogP contribution in [-0.2, 0) is 6.18 Å². The summed E-state index contributed by atoms with van der Waals surface area (Å²) in [5, 5.41) is 2.58. The van der Waals surface area contributed by atoms with Gasteiger partial charge in [-0.1, -0.05) is 12.1 Å². The molecule has 4 rings (SSSR count). The van der Waals surface area contributed by atoms with Crippen LogP contribution in [0.25, 0.3) is 10.9 Å². The number of nitrogens with zero attached hydrogens (tertiary/aromatic N) is 1. The van der Waals surface area contributed by atoms with Crippen molar-refractivity contribution in [3.05, 3.63) is 70.0 Å². The average Bonchev–Trinajstić information content (AvgIpc) is 2.74. The van der Waals surface area contributed by atoms with Gasteiger partial charge in [-0.05, 0) is 56.5 Å². The Kier molecular flexibility index (Phi) is 5.47. The molecule has 2 aromatic carbocycles. The maximum Gasteiger partial charge on any atom is 0.418 e. The minimum Gasteiger partial charge on any atom is -0.369 e. The van der Waals surface area contributed by atoms with Crippen LogP contribution in [0.1, 0.15) is 42.1 Å². The maximum absolute atomic E-state index is 13.8. The van der Waals surface area contributed by atoms with Gasteiger partial charge in [0.2, 0.25) is 5.43 Å². The van der Waals surface area contributed by atoms with Gasteiger partial charge in [0.1, 0.15) is 5.56 Å². The number of nitrogens with one attached hydrogen (secondary N) is 2. The normalized spacial score (nSPS) is 17.0. The Morgan fingerprint density at radius 3 is 2.68 bits per heavy atom. The number of alkyl halides is 3. The SMILES string of the molecule is CC1CCCCN1c1ccc(NC(=O)c2c[nH]c3ccccc3c2=O)c(C(F)(F)F)c1. The molecular weight excluding hydrogens is 407 g/mol. The number of carbonyl (C=O) groups is 1. The third-order valence-electron chi connectivity index (χ3n) is 5.72. The number of benzene rings is 2. The lowest BCUT2D eigenvalue weighted by molar-refractivity contribution is -0.136. The van der Waals surface area contributed by atoms with E-state index in [-0.39, 0.29) is 17.3 Å². The monoisotopic (exact) mass is 429 g/mol. The average molecular weight is 429 g/mol. The first-order valence-corrected chi connectivity index (χ1v) is 10.2. The summed E-state index contributed by atoms with van der Waals surface area (Å²) in [6.07, 6.45) is -0.539. The van der Waals surface area contributed by atoms with Crippen LogP contribution in [0.3, 0.4) is 0 Å².